The fourth-order valence-electron chi connectivity index (χ4n) is 5.45. The summed E-state index contributed by atoms with van der Waals surface area (Å²) in [4.78, 5) is 18.4. The number of nitrogens with one attached hydrogen (secondary N) is 1. The van der Waals surface area contributed by atoms with Crippen LogP contribution in [0.2, 0.25) is 0 Å². The van der Waals surface area contributed by atoms with Crippen molar-refractivity contribution >= 4 is 43.9 Å². The van der Waals surface area contributed by atoms with Crippen molar-refractivity contribution in [1.82, 2.24) is 4.98 Å². The first-order valence-electron chi connectivity index (χ1n) is 11.4. The number of ketones is 1. The van der Waals surface area contributed by atoms with Crippen molar-refractivity contribution in [2.24, 2.45) is 0 Å². The zero-order chi connectivity index (χ0) is 23.2. The molecule has 6 rings (SSSR count). The molecule has 2 heterocycles. The van der Waals surface area contributed by atoms with E-state index in [1.54, 1.807) is 7.11 Å². The molecule has 4 aromatic rings. The Morgan fingerprint density at radius 2 is 1.85 bits per heavy atom. The molecule has 34 heavy (non-hydrogen) atoms. The lowest BCUT2D eigenvalue weighted by Gasteiger charge is -2.37. The Bertz CT molecular complexity index is 1460. The van der Waals surface area contributed by atoms with E-state index in [0.717, 1.165) is 55.5 Å². The van der Waals surface area contributed by atoms with Crippen LogP contribution >= 0.6 is 15.9 Å². The molecule has 2 unspecified atom stereocenters. The van der Waals surface area contributed by atoms with E-state index in [1.165, 1.54) is 5.56 Å². The van der Waals surface area contributed by atoms with Crippen LogP contribution in [0.3, 0.4) is 0 Å². The molecule has 2 aliphatic rings. The SMILES string of the molecule is COc1ccc(Br)cc1C1Nc2ccc3ncccc3c2C2=C1C(=O)CC(c1ccccc1)C2. The van der Waals surface area contributed by atoms with Crippen LogP contribution < -0.4 is 10.1 Å². The van der Waals surface area contributed by atoms with Crippen molar-refractivity contribution in [3.8, 4) is 5.75 Å². The summed E-state index contributed by atoms with van der Waals surface area (Å²) >= 11 is 3.61. The maximum atomic E-state index is 13.9. The zero-order valence-electron chi connectivity index (χ0n) is 18.7. The lowest BCUT2D eigenvalue weighted by Crippen LogP contribution is -2.30. The van der Waals surface area contributed by atoms with Gasteiger partial charge >= 0.3 is 0 Å². The number of halogens is 1. The third-order valence-corrected chi connectivity index (χ3v) is 7.45. The number of allylic oxidation sites excluding steroid dienone is 1. The van der Waals surface area contributed by atoms with Crippen LogP contribution in [-0.2, 0) is 4.79 Å². The average Bonchev–Trinajstić information content (AvgIpc) is 2.88. The molecule has 0 amide bonds. The maximum Gasteiger partial charge on any atom is 0.162 e. The van der Waals surface area contributed by atoms with Crippen molar-refractivity contribution in [2.45, 2.75) is 24.8 Å². The van der Waals surface area contributed by atoms with Gasteiger partial charge < -0.3 is 10.1 Å². The third-order valence-electron chi connectivity index (χ3n) is 6.96. The molecule has 1 aromatic heterocycles. The summed E-state index contributed by atoms with van der Waals surface area (Å²) < 4.78 is 6.66. The van der Waals surface area contributed by atoms with Crippen molar-refractivity contribution in [2.75, 3.05) is 12.4 Å². The van der Waals surface area contributed by atoms with Crippen LogP contribution in [0.1, 0.15) is 41.5 Å². The largest absolute Gasteiger partial charge is 0.496 e. The van der Waals surface area contributed by atoms with Crippen molar-refractivity contribution in [1.29, 1.82) is 0 Å². The highest BCUT2D eigenvalue weighted by atomic mass is 79.9. The van der Waals surface area contributed by atoms with Gasteiger partial charge in [-0.05, 0) is 59.9 Å². The molecule has 1 aliphatic heterocycles. The quantitative estimate of drug-likeness (QED) is 0.320. The molecule has 1 aliphatic carbocycles. The smallest absolute Gasteiger partial charge is 0.162 e. The highest BCUT2D eigenvalue weighted by Gasteiger charge is 2.39. The number of nitrogens with zero attached hydrogens (tertiary/aromatic N) is 1. The van der Waals surface area contributed by atoms with E-state index >= 15 is 0 Å². The molecular weight excluding hydrogens is 488 g/mol. The van der Waals surface area contributed by atoms with Gasteiger partial charge in [-0.2, -0.15) is 0 Å². The molecule has 0 saturated carbocycles. The van der Waals surface area contributed by atoms with Crippen LogP contribution in [0.4, 0.5) is 5.69 Å². The number of Topliss-reactive ketones (excluding diaryl/α,β-unsaturated/α-hetero) is 1. The van der Waals surface area contributed by atoms with Gasteiger partial charge in [-0.15, -0.1) is 0 Å². The Morgan fingerprint density at radius 1 is 1.00 bits per heavy atom. The van der Waals surface area contributed by atoms with Gasteiger partial charge in [-0.3, -0.25) is 9.78 Å². The summed E-state index contributed by atoms with van der Waals surface area (Å²) in [6.45, 7) is 0. The van der Waals surface area contributed by atoms with Crippen molar-refractivity contribution in [3.05, 3.63) is 106 Å². The van der Waals surface area contributed by atoms with Gasteiger partial charge in [-0.1, -0.05) is 52.3 Å². The molecule has 168 valence electrons. The number of anilines is 1. The Morgan fingerprint density at radius 3 is 2.68 bits per heavy atom. The maximum absolute atomic E-state index is 13.9. The first-order valence-corrected chi connectivity index (χ1v) is 12.2. The Labute approximate surface area is 206 Å². The molecule has 0 saturated heterocycles. The number of ether oxygens (including phenoxy) is 1. The lowest BCUT2D eigenvalue weighted by molar-refractivity contribution is -0.116. The summed E-state index contributed by atoms with van der Waals surface area (Å²) in [6, 6.07) is 24.2. The van der Waals surface area contributed by atoms with Crippen LogP contribution in [0.15, 0.2) is 89.0 Å². The van der Waals surface area contributed by atoms with E-state index in [4.69, 9.17) is 4.74 Å². The second-order valence-corrected chi connectivity index (χ2v) is 9.77. The van der Waals surface area contributed by atoms with Gasteiger partial charge in [-0.25, -0.2) is 0 Å². The van der Waals surface area contributed by atoms with E-state index in [0.29, 0.717) is 6.42 Å². The van der Waals surface area contributed by atoms with Crippen LogP contribution in [0, 0.1) is 0 Å². The lowest BCUT2D eigenvalue weighted by atomic mass is 9.71. The predicted octanol–water partition coefficient (Wildman–Crippen LogP) is 7.07. The van der Waals surface area contributed by atoms with Crippen molar-refractivity contribution in [3.63, 3.8) is 0 Å². The number of hydrogen-bond acceptors (Lipinski definition) is 4. The van der Waals surface area contributed by atoms with E-state index in [-0.39, 0.29) is 17.7 Å². The average molecular weight is 511 g/mol. The first-order chi connectivity index (χ1) is 16.6. The Kier molecular flexibility index (Phi) is 5.22. The molecule has 2 atom stereocenters. The molecule has 1 N–H and O–H groups in total. The van der Waals surface area contributed by atoms with Crippen LogP contribution in [0.5, 0.6) is 5.75 Å². The van der Waals surface area contributed by atoms with Gasteiger partial charge in [0, 0.05) is 44.9 Å². The summed E-state index contributed by atoms with van der Waals surface area (Å²) in [6.07, 6.45) is 3.12. The topological polar surface area (TPSA) is 51.2 Å². The van der Waals surface area contributed by atoms with Gasteiger partial charge in [0.05, 0.1) is 18.7 Å². The molecule has 4 nitrogen and oxygen atoms in total. The number of pyridine rings is 1. The molecule has 0 spiro atoms. The number of benzene rings is 3. The fourth-order valence-corrected chi connectivity index (χ4v) is 5.83. The summed E-state index contributed by atoms with van der Waals surface area (Å²) in [5.41, 5.74) is 7.16. The second-order valence-electron chi connectivity index (χ2n) is 8.85. The van der Waals surface area contributed by atoms with Crippen molar-refractivity contribution < 1.29 is 9.53 Å². The highest BCUT2D eigenvalue weighted by molar-refractivity contribution is 9.10. The Hall–Kier alpha value is -3.44. The predicted molar refractivity (Wildman–Crippen MR) is 139 cm³/mol. The summed E-state index contributed by atoms with van der Waals surface area (Å²) in [7, 11) is 1.67. The highest BCUT2D eigenvalue weighted by Crippen LogP contribution is 2.52. The Balaban J connectivity index is 1.60. The number of hydrogen-bond donors (Lipinski definition) is 1. The van der Waals surface area contributed by atoms with Gasteiger partial charge in [0.25, 0.3) is 0 Å². The summed E-state index contributed by atoms with van der Waals surface area (Å²) in [5.74, 6) is 1.09. The number of fused-ring (bicyclic) bond motifs is 4. The molecule has 5 heteroatoms. The molecule has 0 fully saturated rings. The zero-order valence-corrected chi connectivity index (χ0v) is 20.3. The standard InChI is InChI=1S/C29H23BrN2O2/c1-34-26-12-9-19(30)16-21(26)29-28-22(14-18(15-25(28)33)17-6-3-2-4-7-17)27-20-8-5-13-31-23(20)10-11-24(27)32-29/h2-13,16,18,29,32H,14-15H2,1H3. The summed E-state index contributed by atoms with van der Waals surface area (Å²) in [5, 5.41) is 4.75. The van der Waals surface area contributed by atoms with Gasteiger partial charge in [0.2, 0.25) is 0 Å². The number of carbonyl (C=O) groups excluding carboxylic acids is 1. The molecule has 0 radical (unpaired) electrons. The van der Waals surface area contributed by atoms with Gasteiger partial charge in [0.15, 0.2) is 5.78 Å². The van der Waals surface area contributed by atoms with E-state index in [2.05, 4.69) is 62.6 Å². The number of rotatable bonds is 3. The van der Waals surface area contributed by atoms with Crippen LogP contribution in [-0.4, -0.2) is 17.9 Å². The number of aromatic nitrogens is 1. The van der Waals surface area contributed by atoms with Gasteiger partial charge in [0.1, 0.15) is 5.75 Å². The minimum absolute atomic E-state index is 0.149. The normalized spacial score (nSPS) is 19.4. The first kappa shape index (κ1) is 21.1. The third kappa shape index (κ3) is 3.43. The van der Waals surface area contributed by atoms with E-state index in [9.17, 15) is 4.79 Å². The fraction of sp³-hybridized carbons (Fsp3) is 0.172. The minimum Gasteiger partial charge on any atom is -0.496 e. The second kappa shape index (κ2) is 8.41. The van der Waals surface area contributed by atoms with E-state index < -0.39 is 0 Å². The number of carbonyl (C=O) groups is 1. The van der Waals surface area contributed by atoms with E-state index in [1.807, 2.05) is 42.6 Å². The van der Waals surface area contributed by atoms with Crippen LogP contribution in [0.25, 0.3) is 16.5 Å². The number of methoxy groups -OCH3 is 1. The molecule has 0 bridgehead atoms. The molecular formula is C29H23BrN2O2. The minimum atomic E-state index is -0.284. The monoisotopic (exact) mass is 510 g/mol. The molecule has 3 aromatic carbocycles.